The third-order valence-electron chi connectivity index (χ3n) is 1.49. The first-order valence-corrected chi connectivity index (χ1v) is 3.45. The van der Waals surface area contributed by atoms with Crippen LogP contribution in [0.2, 0.25) is 0 Å². The number of imide groups is 1. The Morgan fingerprint density at radius 3 is 2.67 bits per heavy atom. The van der Waals surface area contributed by atoms with E-state index in [0.29, 0.717) is 0 Å². The molecule has 0 aliphatic carbocycles. The highest BCUT2D eigenvalue weighted by Gasteiger charge is 2.30. The normalized spacial score (nSPS) is 23.4. The molecule has 1 saturated heterocycles. The van der Waals surface area contributed by atoms with Crippen LogP contribution >= 0.6 is 0 Å². The summed E-state index contributed by atoms with van der Waals surface area (Å²) < 4.78 is 23.3. The van der Waals surface area contributed by atoms with Crippen LogP contribution in [0, 0.1) is 0 Å². The minimum atomic E-state index is -2.51. The lowest BCUT2D eigenvalue weighted by atomic mass is 10.2. The first kappa shape index (κ1) is 9.05. The summed E-state index contributed by atoms with van der Waals surface area (Å²) >= 11 is 0. The minimum absolute atomic E-state index is 0.0500. The first-order valence-electron chi connectivity index (χ1n) is 3.45. The Kier molecular flexibility index (Phi) is 2.69. The van der Waals surface area contributed by atoms with E-state index in [4.69, 9.17) is 0 Å². The third-order valence-corrected chi connectivity index (χ3v) is 1.49. The molecule has 2 N–H and O–H groups in total. The molecule has 1 heterocycles. The highest BCUT2D eigenvalue weighted by molar-refractivity contribution is 6.05. The Bertz CT molecular complexity index is 208. The molecule has 6 heteroatoms. The maximum absolute atomic E-state index is 11.6. The fraction of sp³-hybridized carbons (Fsp3) is 0.667. The number of hydrogen-bond donors (Lipinski definition) is 2. The topological polar surface area (TPSA) is 58.2 Å². The molecule has 0 bridgehead atoms. The molecule has 0 saturated carbocycles. The molecule has 1 aliphatic heterocycles. The molecular weight excluding hydrogens is 170 g/mol. The van der Waals surface area contributed by atoms with Crippen LogP contribution < -0.4 is 10.6 Å². The molecule has 68 valence electrons. The lowest BCUT2D eigenvalue weighted by Crippen LogP contribution is -2.38. The maximum Gasteiger partial charge on any atom is 0.250 e. The maximum atomic E-state index is 11.6. The fourth-order valence-electron chi connectivity index (χ4n) is 0.950. The van der Waals surface area contributed by atoms with E-state index in [1.165, 1.54) is 0 Å². The van der Waals surface area contributed by atoms with Crippen molar-refractivity contribution in [3.8, 4) is 0 Å². The number of rotatable bonds is 3. The second-order valence-electron chi connectivity index (χ2n) is 2.47. The number of nitrogens with one attached hydrogen (secondary N) is 2. The van der Waals surface area contributed by atoms with E-state index >= 15 is 0 Å². The standard InChI is InChI=1S/C6H8F2N2O2/c7-4(8)2-9-3-1-5(11)10-6(3)12/h3-4,9H,1-2H2,(H,10,11,12). The summed E-state index contributed by atoms with van der Waals surface area (Å²) in [6.45, 7) is -0.564. The molecule has 0 aromatic heterocycles. The third kappa shape index (κ3) is 2.23. The van der Waals surface area contributed by atoms with Gasteiger partial charge in [-0.25, -0.2) is 8.78 Å². The number of alkyl halides is 2. The van der Waals surface area contributed by atoms with Gasteiger partial charge in [-0.15, -0.1) is 0 Å². The molecule has 1 rings (SSSR count). The number of carbonyl (C=O) groups excluding carboxylic acids is 2. The van der Waals surface area contributed by atoms with Crippen LogP contribution in [-0.4, -0.2) is 30.8 Å². The fourth-order valence-corrected chi connectivity index (χ4v) is 0.950. The van der Waals surface area contributed by atoms with E-state index in [2.05, 4.69) is 5.32 Å². The largest absolute Gasteiger partial charge is 0.300 e. The van der Waals surface area contributed by atoms with Gasteiger partial charge >= 0.3 is 0 Å². The SMILES string of the molecule is O=C1CC(NCC(F)F)C(=O)N1. The lowest BCUT2D eigenvalue weighted by Gasteiger charge is -2.06. The molecule has 4 nitrogen and oxygen atoms in total. The van der Waals surface area contributed by atoms with Gasteiger partial charge in [-0.2, -0.15) is 0 Å². The van der Waals surface area contributed by atoms with Crippen LogP contribution in [-0.2, 0) is 9.59 Å². The monoisotopic (exact) mass is 178 g/mol. The Morgan fingerprint density at radius 2 is 2.25 bits per heavy atom. The van der Waals surface area contributed by atoms with E-state index in [-0.39, 0.29) is 6.42 Å². The number of halogens is 2. The summed E-state index contributed by atoms with van der Waals surface area (Å²) in [5.74, 6) is -0.951. The summed E-state index contributed by atoms with van der Waals surface area (Å²) in [7, 11) is 0. The van der Waals surface area contributed by atoms with Crippen molar-refractivity contribution in [3.63, 3.8) is 0 Å². The van der Waals surface area contributed by atoms with Gasteiger partial charge in [-0.05, 0) is 0 Å². The molecule has 1 fully saturated rings. The van der Waals surface area contributed by atoms with Gasteiger partial charge in [-0.3, -0.25) is 20.2 Å². The quantitative estimate of drug-likeness (QED) is 0.559. The molecule has 1 atom stereocenters. The van der Waals surface area contributed by atoms with Gasteiger partial charge in [0.15, 0.2) is 0 Å². The minimum Gasteiger partial charge on any atom is -0.300 e. The molecule has 12 heavy (non-hydrogen) atoms. The van der Waals surface area contributed by atoms with Crippen LogP contribution in [0.4, 0.5) is 8.78 Å². The average Bonchev–Trinajstić information content (AvgIpc) is 2.26. The summed E-state index contributed by atoms with van der Waals surface area (Å²) in [5, 5.41) is 4.28. The molecule has 0 aromatic carbocycles. The summed E-state index contributed by atoms with van der Waals surface area (Å²) in [6, 6.07) is -0.786. The Balaban J connectivity index is 2.33. The van der Waals surface area contributed by atoms with Crippen LogP contribution in [0.25, 0.3) is 0 Å². The predicted molar refractivity (Wildman–Crippen MR) is 35.6 cm³/mol. The summed E-state index contributed by atoms with van der Waals surface area (Å²) in [4.78, 5) is 21.3. The van der Waals surface area contributed by atoms with Crippen LogP contribution in [0.3, 0.4) is 0 Å². The van der Waals surface area contributed by atoms with Crippen molar-refractivity contribution in [1.82, 2.24) is 10.6 Å². The summed E-state index contributed by atoms with van der Waals surface area (Å²) in [6.07, 6.45) is -2.56. The number of amides is 2. The van der Waals surface area contributed by atoms with Crippen LogP contribution in [0.5, 0.6) is 0 Å². The summed E-state index contributed by atoms with van der Waals surface area (Å²) in [5.41, 5.74) is 0. The predicted octanol–water partition coefficient (Wildman–Crippen LogP) is -0.744. The Hall–Kier alpha value is -1.04. The highest BCUT2D eigenvalue weighted by Crippen LogP contribution is 2.01. The number of carbonyl (C=O) groups is 2. The molecule has 0 aromatic rings. The smallest absolute Gasteiger partial charge is 0.250 e. The lowest BCUT2D eigenvalue weighted by molar-refractivity contribution is -0.125. The van der Waals surface area contributed by atoms with E-state index in [1.807, 2.05) is 5.32 Å². The van der Waals surface area contributed by atoms with Gasteiger partial charge in [-0.1, -0.05) is 0 Å². The van der Waals surface area contributed by atoms with Gasteiger partial charge in [0.25, 0.3) is 6.43 Å². The second-order valence-corrected chi connectivity index (χ2v) is 2.47. The average molecular weight is 178 g/mol. The van der Waals surface area contributed by atoms with Crippen molar-refractivity contribution in [2.24, 2.45) is 0 Å². The number of hydrogen-bond acceptors (Lipinski definition) is 3. The Labute approximate surface area is 67.3 Å². The van der Waals surface area contributed by atoms with Gasteiger partial charge in [0.05, 0.1) is 19.0 Å². The van der Waals surface area contributed by atoms with Crippen LogP contribution in [0.1, 0.15) is 6.42 Å². The molecule has 0 spiro atoms. The molecule has 2 amide bonds. The van der Waals surface area contributed by atoms with Crippen molar-refractivity contribution in [2.45, 2.75) is 18.9 Å². The first-order chi connectivity index (χ1) is 5.59. The molecule has 1 aliphatic rings. The van der Waals surface area contributed by atoms with Gasteiger partial charge in [0.2, 0.25) is 11.8 Å². The van der Waals surface area contributed by atoms with E-state index in [0.717, 1.165) is 0 Å². The molecule has 0 radical (unpaired) electrons. The zero-order valence-electron chi connectivity index (χ0n) is 6.14. The van der Waals surface area contributed by atoms with E-state index in [1.54, 1.807) is 0 Å². The molecule has 1 unspecified atom stereocenters. The van der Waals surface area contributed by atoms with Crippen molar-refractivity contribution >= 4 is 11.8 Å². The van der Waals surface area contributed by atoms with E-state index in [9.17, 15) is 18.4 Å². The van der Waals surface area contributed by atoms with Gasteiger partial charge in [0.1, 0.15) is 0 Å². The Morgan fingerprint density at radius 1 is 1.58 bits per heavy atom. The van der Waals surface area contributed by atoms with E-state index < -0.39 is 30.8 Å². The van der Waals surface area contributed by atoms with Crippen molar-refractivity contribution < 1.29 is 18.4 Å². The van der Waals surface area contributed by atoms with Gasteiger partial charge in [0, 0.05) is 0 Å². The highest BCUT2D eigenvalue weighted by atomic mass is 19.3. The van der Waals surface area contributed by atoms with Crippen molar-refractivity contribution in [3.05, 3.63) is 0 Å². The molecular formula is C6H8F2N2O2. The van der Waals surface area contributed by atoms with Crippen molar-refractivity contribution in [1.29, 1.82) is 0 Å². The zero-order valence-corrected chi connectivity index (χ0v) is 6.14. The van der Waals surface area contributed by atoms with Crippen molar-refractivity contribution in [2.75, 3.05) is 6.54 Å². The van der Waals surface area contributed by atoms with Crippen LogP contribution in [0.15, 0.2) is 0 Å². The second kappa shape index (κ2) is 3.57. The van der Waals surface area contributed by atoms with Gasteiger partial charge < -0.3 is 0 Å². The zero-order chi connectivity index (χ0) is 9.14.